The maximum Gasteiger partial charge on any atom is 0.503 e. The van der Waals surface area contributed by atoms with Gasteiger partial charge in [0.15, 0.2) is 0 Å². The number of carbonyl (C=O) groups is 2. The van der Waals surface area contributed by atoms with Gasteiger partial charge in [-0.2, -0.15) is 0 Å². The minimum atomic E-state index is -2.76. The smallest absolute Gasteiger partial charge is 0.393 e. The van der Waals surface area contributed by atoms with Crippen LogP contribution < -0.4 is 0 Å². The van der Waals surface area contributed by atoms with E-state index in [0.717, 1.165) is 0 Å². The van der Waals surface area contributed by atoms with Gasteiger partial charge in [-0.25, -0.2) is 0 Å². The quantitative estimate of drug-likeness (QED) is 0.399. The van der Waals surface area contributed by atoms with Gasteiger partial charge in [-0.1, -0.05) is 13.8 Å². The van der Waals surface area contributed by atoms with Crippen LogP contribution in [0.2, 0.25) is 5.54 Å². The van der Waals surface area contributed by atoms with Gasteiger partial charge in [0.25, 0.3) is 0 Å². The molecule has 1 saturated heterocycles. The molecule has 7 heteroatoms. The summed E-state index contributed by atoms with van der Waals surface area (Å²) in [7, 11) is 0.284. The van der Waals surface area contributed by atoms with Crippen molar-refractivity contribution in [3.63, 3.8) is 0 Å². The summed E-state index contributed by atoms with van der Waals surface area (Å²) in [5.41, 5.74) is 0.0747. The Labute approximate surface area is 102 Å². The zero-order chi connectivity index (χ0) is 13.1. The first-order chi connectivity index (χ1) is 7.95. The molecule has 0 aromatic rings. The highest BCUT2D eigenvalue weighted by Gasteiger charge is 2.45. The summed E-state index contributed by atoms with van der Waals surface area (Å²) < 4.78 is 20.7. The van der Waals surface area contributed by atoms with Gasteiger partial charge in [-0.3, -0.25) is 9.59 Å². The molecule has 0 aromatic carbocycles. The maximum atomic E-state index is 11.3. The average Bonchev–Trinajstić information content (AvgIpc) is 2.59. The second kappa shape index (κ2) is 5.72. The lowest BCUT2D eigenvalue weighted by atomic mass is 10.1. The summed E-state index contributed by atoms with van der Waals surface area (Å²) in [6.07, 6.45) is 0.0643. The van der Waals surface area contributed by atoms with Crippen molar-refractivity contribution in [2.75, 3.05) is 20.8 Å². The van der Waals surface area contributed by atoms with E-state index in [2.05, 4.69) is 4.74 Å². The normalized spacial score (nSPS) is 21.1. The predicted octanol–water partition coefficient (Wildman–Crippen LogP) is 0.734. The van der Waals surface area contributed by atoms with Crippen LogP contribution in [0.4, 0.5) is 0 Å². The fourth-order valence-electron chi connectivity index (χ4n) is 1.70. The van der Waals surface area contributed by atoms with Crippen molar-refractivity contribution in [1.82, 2.24) is 0 Å². The van der Waals surface area contributed by atoms with Crippen LogP contribution in [0.3, 0.4) is 0 Å². The molecular weight excluding hydrogens is 244 g/mol. The average molecular weight is 262 g/mol. The van der Waals surface area contributed by atoms with E-state index < -0.39 is 26.7 Å². The van der Waals surface area contributed by atoms with Gasteiger partial charge in [-0.05, 0) is 0 Å². The van der Waals surface area contributed by atoms with Crippen LogP contribution in [0.15, 0.2) is 0 Å². The van der Waals surface area contributed by atoms with Crippen molar-refractivity contribution in [1.29, 1.82) is 0 Å². The highest BCUT2D eigenvalue weighted by atomic mass is 28.4. The van der Waals surface area contributed by atoms with E-state index >= 15 is 0 Å². The van der Waals surface area contributed by atoms with E-state index in [1.165, 1.54) is 14.2 Å². The monoisotopic (exact) mass is 262 g/mol. The molecule has 1 heterocycles. The fraction of sp³-hybridized carbons (Fsp3) is 0.800. The van der Waals surface area contributed by atoms with Gasteiger partial charge >= 0.3 is 20.7 Å². The molecule has 1 aliphatic heterocycles. The van der Waals surface area contributed by atoms with Crippen molar-refractivity contribution < 1.29 is 27.6 Å². The Morgan fingerprint density at radius 1 is 1.35 bits per heavy atom. The van der Waals surface area contributed by atoms with E-state index in [1.807, 2.05) is 13.8 Å². The van der Waals surface area contributed by atoms with Crippen LogP contribution in [-0.2, 0) is 27.6 Å². The number of hydrogen-bond donors (Lipinski definition) is 0. The summed E-state index contributed by atoms with van der Waals surface area (Å²) in [6.45, 7) is 3.95. The molecular formula is C10H18O6Si. The predicted molar refractivity (Wildman–Crippen MR) is 60.0 cm³/mol. The molecule has 0 saturated carbocycles. The van der Waals surface area contributed by atoms with E-state index in [4.69, 9.17) is 13.3 Å². The van der Waals surface area contributed by atoms with Crippen molar-refractivity contribution in [2.24, 2.45) is 5.92 Å². The van der Waals surface area contributed by atoms with Gasteiger partial charge < -0.3 is 18.0 Å². The van der Waals surface area contributed by atoms with Gasteiger partial charge in [0.05, 0.1) is 18.9 Å². The SMILES string of the molecule is CO[Si](OC)(OCC1CC(=O)OC1=O)C(C)C. The Morgan fingerprint density at radius 2 is 1.94 bits per heavy atom. The topological polar surface area (TPSA) is 71.1 Å². The van der Waals surface area contributed by atoms with Gasteiger partial charge in [0.1, 0.15) is 0 Å². The van der Waals surface area contributed by atoms with Gasteiger partial charge in [-0.15, -0.1) is 0 Å². The first-order valence-corrected chi connectivity index (χ1v) is 7.24. The number of rotatable bonds is 6. The van der Waals surface area contributed by atoms with Gasteiger partial charge in [0.2, 0.25) is 0 Å². The molecule has 0 N–H and O–H groups in total. The van der Waals surface area contributed by atoms with E-state index in [-0.39, 0.29) is 18.6 Å². The molecule has 0 aliphatic carbocycles. The fourth-order valence-corrected chi connectivity index (χ4v) is 3.82. The molecule has 0 amide bonds. The highest BCUT2D eigenvalue weighted by molar-refractivity contribution is 6.62. The minimum absolute atomic E-state index is 0.0643. The van der Waals surface area contributed by atoms with Crippen LogP contribution in [0.5, 0.6) is 0 Å². The lowest BCUT2D eigenvalue weighted by molar-refractivity contribution is -0.153. The number of hydrogen-bond acceptors (Lipinski definition) is 6. The third-order valence-electron chi connectivity index (χ3n) is 2.72. The Balaban J connectivity index is 2.58. The minimum Gasteiger partial charge on any atom is -0.393 e. The second-order valence-corrected chi connectivity index (χ2v) is 7.64. The summed E-state index contributed by atoms with van der Waals surface area (Å²) in [4.78, 5) is 22.2. The largest absolute Gasteiger partial charge is 0.503 e. The maximum absolute atomic E-state index is 11.3. The molecule has 98 valence electrons. The summed E-state index contributed by atoms with van der Waals surface area (Å²) >= 11 is 0. The first kappa shape index (κ1) is 14.3. The molecule has 6 nitrogen and oxygen atoms in total. The molecule has 1 aliphatic rings. The van der Waals surface area contributed by atoms with Crippen LogP contribution in [0, 0.1) is 5.92 Å². The molecule has 0 spiro atoms. The lowest BCUT2D eigenvalue weighted by Crippen LogP contribution is -2.48. The number of carbonyl (C=O) groups excluding carboxylic acids is 2. The van der Waals surface area contributed by atoms with Crippen LogP contribution in [0.25, 0.3) is 0 Å². The van der Waals surface area contributed by atoms with E-state index in [9.17, 15) is 9.59 Å². The molecule has 1 fully saturated rings. The number of cyclic esters (lactones) is 2. The molecule has 0 radical (unpaired) electrons. The molecule has 1 rings (SSSR count). The highest BCUT2D eigenvalue weighted by Crippen LogP contribution is 2.26. The first-order valence-electron chi connectivity index (χ1n) is 5.44. The molecule has 0 bridgehead atoms. The van der Waals surface area contributed by atoms with Crippen molar-refractivity contribution in [3.8, 4) is 0 Å². The Bertz CT molecular complexity index is 299. The summed E-state index contributed by atoms with van der Waals surface area (Å²) in [6, 6.07) is 0. The molecule has 0 aromatic heterocycles. The Morgan fingerprint density at radius 3 is 2.29 bits per heavy atom. The number of ether oxygens (including phenoxy) is 1. The second-order valence-electron chi connectivity index (χ2n) is 4.17. The molecule has 1 atom stereocenters. The molecule has 17 heavy (non-hydrogen) atoms. The van der Waals surface area contributed by atoms with Crippen LogP contribution in [-0.4, -0.2) is 41.6 Å². The van der Waals surface area contributed by atoms with E-state index in [1.54, 1.807) is 0 Å². The zero-order valence-corrected chi connectivity index (χ0v) is 11.5. The standard InChI is InChI=1S/C10H18O6Si/c1-7(2)17(13-3,14-4)15-6-8-5-9(11)16-10(8)12/h7-8H,5-6H2,1-4H3. The Kier molecular flexibility index (Phi) is 4.81. The zero-order valence-electron chi connectivity index (χ0n) is 10.5. The van der Waals surface area contributed by atoms with Crippen molar-refractivity contribution in [2.45, 2.75) is 25.8 Å². The van der Waals surface area contributed by atoms with Crippen molar-refractivity contribution in [3.05, 3.63) is 0 Å². The number of esters is 2. The Hall–Kier alpha value is -0.763. The lowest BCUT2D eigenvalue weighted by Gasteiger charge is -2.30. The van der Waals surface area contributed by atoms with Crippen LogP contribution in [0.1, 0.15) is 20.3 Å². The molecule has 1 unspecified atom stereocenters. The van der Waals surface area contributed by atoms with Crippen molar-refractivity contribution >= 4 is 20.7 Å². The van der Waals surface area contributed by atoms with Gasteiger partial charge in [0, 0.05) is 19.8 Å². The third-order valence-corrected chi connectivity index (χ3v) is 5.84. The summed E-state index contributed by atoms with van der Waals surface area (Å²) in [5.74, 6) is -1.58. The van der Waals surface area contributed by atoms with E-state index in [0.29, 0.717) is 0 Å². The third kappa shape index (κ3) is 3.12. The van der Waals surface area contributed by atoms with Crippen LogP contribution >= 0.6 is 0 Å². The summed E-state index contributed by atoms with van der Waals surface area (Å²) in [5, 5.41) is 0.